The Morgan fingerprint density at radius 3 is 3.07 bits per heavy atom. The van der Waals surface area contributed by atoms with Crippen molar-refractivity contribution in [1.29, 1.82) is 0 Å². The maximum atomic E-state index is 5.31. The molecule has 3 N–H and O–H groups in total. The number of rotatable bonds is 7. The first-order valence-corrected chi connectivity index (χ1v) is 5.27. The van der Waals surface area contributed by atoms with E-state index in [4.69, 9.17) is 10.5 Å². The highest BCUT2D eigenvalue weighted by Gasteiger charge is 1.95. The minimum Gasteiger partial charge on any atom is -0.385 e. The van der Waals surface area contributed by atoms with Crippen LogP contribution in [0.1, 0.15) is 12.0 Å². The van der Waals surface area contributed by atoms with E-state index >= 15 is 0 Å². The van der Waals surface area contributed by atoms with Crippen molar-refractivity contribution in [3.63, 3.8) is 0 Å². The van der Waals surface area contributed by atoms with Crippen LogP contribution < -0.4 is 11.1 Å². The topological polar surface area (TPSA) is 60.2 Å². The predicted molar refractivity (Wildman–Crippen MR) is 62.0 cm³/mol. The van der Waals surface area contributed by atoms with E-state index in [-0.39, 0.29) is 0 Å². The van der Waals surface area contributed by atoms with E-state index in [0.29, 0.717) is 13.2 Å². The summed E-state index contributed by atoms with van der Waals surface area (Å²) in [7, 11) is 0. The summed E-state index contributed by atoms with van der Waals surface area (Å²) in [4.78, 5) is 4.04. The van der Waals surface area contributed by atoms with E-state index in [0.717, 1.165) is 25.3 Å². The molecule has 1 rings (SSSR count). The lowest BCUT2D eigenvalue weighted by Crippen LogP contribution is -2.11. The quantitative estimate of drug-likeness (QED) is 0.662. The van der Waals surface area contributed by atoms with Gasteiger partial charge in [0.15, 0.2) is 0 Å². The highest BCUT2D eigenvalue weighted by molar-refractivity contribution is 5.48. The summed E-state index contributed by atoms with van der Waals surface area (Å²) in [6, 6.07) is 1.98. The first-order valence-electron chi connectivity index (χ1n) is 5.27. The Labute approximate surface area is 90.8 Å². The minimum absolute atomic E-state index is 0.594. The number of anilines is 1. The normalized spacial score (nSPS) is 10.3. The highest BCUT2D eigenvalue weighted by atomic mass is 16.5. The number of pyridine rings is 1. The zero-order valence-electron chi connectivity index (χ0n) is 9.20. The smallest absolute Gasteiger partial charge is 0.0588 e. The Balaban J connectivity index is 2.12. The van der Waals surface area contributed by atoms with E-state index in [1.165, 1.54) is 5.56 Å². The fourth-order valence-corrected chi connectivity index (χ4v) is 1.25. The molecule has 0 fully saturated rings. The maximum Gasteiger partial charge on any atom is 0.0588 e. The van der Waals surface area contributed by atoms with Crippen molar-refractivity contribution in [3.05, 3.63) is 24.0 Å². The Morgan fingerprint density at radius 2 is 2.33 bits per heavy atom. The van der Waals surface area contributed by atoms with Crippen LogP contribution in [0.25, 0.3) is 0 Å². The van der Waals surface area contributed by atoms with Crippen LogP contribution >= 0.6 is 0 Å². The van der Waals surface area contributed by atoms with Crippen LogP contribution in [0.2, 0.25) is 0 Å². The SMILES string of the molecule is Cc1cnccc1NCCCOCCN. The fourth-order valence-electron chi connectivity index (χ4n) is 1.25. The molecule has 0 aliphatic rings. The molecule has 1 aromatic rings. The van der Waals surface area contributed by atoms with Gasteiger partial charge in [-0.1, -0.05) is 0 Å². The number of nitrogens with zero attached hydrogens (tertiary/aromatic N) is 1. The molecule has 0 spiro atoms. The second kappa shape index (κ2) is 7.20. The lowest BCUT2D eigenvalue weighted by molar-refractivity contribution is 0.141. The molecule has 0 atom stereocenters. The maximum absolute atomic E-state index is 5.31. The largest absolute Gasteiger partial charge is 0.385 e. The third kappa shape index (κ3) is 4.76. The molecule has 0 aromatic carbocycles. The molecule has 1 aromatic heterocycles. The molecular weight excluding hydrogens is 190 g/mol. The number of ether oxygens (including phenoxy) is 1. The van der Waals surface area contributed by atoms with Gasteiger partial charge in [0.25, 0.3) is 0 Å². The van der Waals surface area contributed by atoms with Crippen molar-refractivity contribution in [2.45, 2.75) is 13.3 Å². The van der Waals surface area contributed by atoms with E-state index in [9.17, 15) is 0 Å². The molecule has 15 heavy (non-hydrogen) atoms. The fraction of sp³-hybridized carbons (Fsp3) is 0.545. The molecule has 4 heteroatoms. The summed E-state index contributed by atoms with van der Waals surface area (Å²) in [5.41, 5.74) is 7.62. The summed E-state index contributed by atoms with van der Waals surface area (Å²) in [5, 5.41) is 3.34. The van der Waals surface area contributed by atoms with Crippen molar-refractivity contribution in [3.8, 4) is 0 Å². The predicted octanol–water partition coefficient (Wildman–Crippen LogP) is 1.17. The van der Waals surface area contributed by atoms with Crippen molar-refractivity contribution in [2.75, 3.05) is 31.6 Å². The van der Waals surface area contributed by atoms with Gasteiger partial charge >= 0.3 is 0 Å². The van der Waals surface area contributed by atoms with E-state index in [1.54, 1.807) is 6.20 Å². The highest BCUT2D eigenvalue weighted by Crippen LogP contribution is 2.10. The molecule has 4 nitrogen and oxygen atoms in total. The second-order valence-corrected chi connectivity index (χ2v) is 3.37. The third-order valence-electron chi connectivity index (χ3n) is 2.06. The van der Waals surface area contributed by atoms with Crippen LogP contribution in [0, 0.1) is 6.92 Å². The van der Waals surface area contributed by atoms with Gasteiger partial charge < -0.3 is 15.8 Å². The number of aromatic nitrogens is 1. The first kappa shape index (κ1) is 11.9. The third-order valence-corrected chi connectivity index (χ3v) is 2.06. The molecule has 84 valence electrons. The van der Waals surface area contributed by atoms with Crippen molar-refractivity contribution in [1.82, 2.24) is 4.98 Å². The van der Waals surface area contributed by atoms with Crippen LogP contribution in [0.3, 0.4) is 0 Å². The van der Waals surface area contributed by atoms with Crippen molar-refractivity contribution in [2.24, 2.45) is 5.73 Å². The molecule has 0 aliphatic carbocycles. The van der Waals surface area contributed by atoms with Gasteiger partial charge in [-0.15, -0.1) is 0 Å². The molecule has 0 aliphatic heterocycles. The monoisotopic (exact) mass is 209 g/mol. The van der Waals surface area contributed by atoms with E-state index < -0.39 is 0 Å². The molecule has 1 heterocycles. The zero-order valence-corrected chi connectivity index (χ0v) is 9.20. The molecule has 0 bridgehead atoms. The number of hydrogen-bond acceptors (Lipinski definition) is 4. The molecular formula is C11H19N3O. The lowest BCUT2D eigenvalue weighted by atomic mass is 10.2. The van der Waals surface area contributed by atoms with Crippen LogP contribution in [-0.4, -0.2) is 31.3 Å². The molecule has 0 saturated heterocycles. The molecule has 0 saturated carbocycles. The molecule has 0 unspecified atom stereocenters. The summed E-state index contributed by atoms with van der Waals surface area (Å²) >= 11 is 0. The summed E-state index contributed by atoms with van der Waals surface area (Å²) in [6.45, 7) is 4.95. The zero-order chi connectivity index (χ0) is 10.9. The molecule has 0 radical (unpaired) electrons. The Hall–Kier alpha value is -1.13. The van der Waals surface area contributed by atoms with Gasteiger partial charge in [-0.3, -0.25) is 4.98 Å². The van der Waals surface area contributed by atoms with Crippen molar-refractivity contribution >= 4 is 5.69 Å². The van der Waals surface area contributed by atoms with Gasteiger partial charge in [-0.05, 0) is 25.0 Å². The summed E-state index contributed by atoms with van der Waals surface area (Å²) < 4.78 is 5.27. The number of aryl methyl sites for hydroxylation is 1. The number of hydrogen-bond donors (Lipinski definition) is 2. The standard InChI is InChI=1S/C11H19N3O/c1-10-9-13-6-3-11(10)14-5-2-7-15-8-4-12/h3,6,9H,2,4-5,7-8,12H2,1H3,(H,13,14). The van der Waals surface area contributed by atoms with E-state index in [1.807, 2.05) is 19.2 Å². The van der Waals surface area contributed by atoms with Crippen LogP contribution in [0.15, 0.2) is 18.5 Å². The van der Waals surface area contributed by atoms with Gasteiger partial charge in [0.2, 0.25) is 0 Å². The average molecular weight is 209 g/mol. The minimum atomic E-state index is 0.594. The molecule has 0 amide bonds. The van der Waals surface area contributed by atoms with Gasteiger partial charge in [0.1, 0.15) is 0 Å². The van der Waals surface area contributed by atoms with Gasteiger partial charge in [-0.2, -0.15) is 0 Å². The van der Waals surface area contributed by atoms with Crippen LogP contribution in [-0.2, 0) is 4.74 Å². The number of nitrogens with two attached hydrogens (primary N) is 1. The van der Waals surface area contributed by atoms with E-state index in [2.05, 4.69) is 10.3 Å². The van der Waals surface area contributed by atoms with Gasteiger partial charge in [0, 0.05) is 37.8 Å². The van der Waals surface area contributed by atoms with Crippen LogP contribution in [0.4, 0.5) is 5.69 Å². The first-order chi connectivity index (χ1) is 7.34. The Morgan fingerprint density at radius 1 is 1.47 bits per heavy atom. The van der Waals surface area contributed by atoms with Crippen molar-refractivity contribution < 1.29 is 4.74 Å². The Bertz CT molecular complexity index is 278. The van der Waals surface area contributed by atoms with Crippen LogP contribution in [0.5, 0.6) is 0 Å². The number of nitrogens with one attached hydrogen (secondary N) is 1. The Kier molecular flexibility index (Phi) is 5.73. The average Bonchev–Trinajstić information content (AvgIpc) is 2.25. The second-order valence-electron chi connectivity index (χ2n) is 3.37. The lowest BCUT2D eigenvalue weighted by Gasteiger charge is -2.08. The van der Waals surface area contributed by atoms with Gasteiger partial charge in [-0.25, -0.2) is 0 Å². The summed E-state index contributed by atoms with van der Waals surface area (Å²) in [6.07, 6.45) is 4.63. The summed E-state index contributed by atoms with van der Waals surface area (Å²) in [5.74, 6) is 0. The van der Waals surface area contributed by atoms with Gasteiger partial charge in [0.05, 0.1) is 6.61 Å².